The minimum absolute atomic E-state index is 0.000947. The van der Waals surface area contributed by atoms with E-state index in [0.717, 1.165) is 5.69 Å². The van der Waals surface area contributed by atoms with Crippen LogP contribution in [0.15, 0.2) is 18.2 Å². The first-order valence-corrected chi connectivity index (χ1v) is 6.15. The highest BCUT2D eigenvalue weighted by molar-refractivity contribution is 5.89. The molecule has 0 radical (unpaired) electrons. The first-order chi connectivity index (χ1) is 9.38. The van der Waals surface area contributed by atoms with Crippen LogP contribution in [0.1, 0.15) is 13.8 Å². The van der Waals surface area contributed by atoms with Crippen molar-refractivity contribution in [3.63, 3.8) is 0 Å². The van der Waals surface area contributed by atoms with Gasteiger partial charge >= 0.3 is 0 Å². The second-order valence-corrected chi connectivity index (χ2v) is 4.87. The molecule has 1 aromatic rings. The van der Waals surface area contributed by atoms with Gasteiger partial charge in [-0.15, -0.1) is 0 Å². The molecule has 1 aliphatic rings. The molecule has 20 heavy (non-hydrogen) atoms. The van der Waals surface area contributed by atoms with Gasteiger partial charge in [0, 0.05) is 12.1 Å². The number of hydrogen-bond acceptors (Lipinski definition) is 6. The van der Waals surface area contributed by atoms with Gasteiger partial charge in [-0.05, 0) is 19.9 Å². The van der Waals surface area contributed by atoms with E-state index in [-0.39, 0.29) is 30.3 Å². The van der Waals surface area contributed by atoms with Crippen LogP contribution in [-0.4, -0.2) is 36.2 Å². The number of ketones is 2. The van der Waals surface area contributed by atoms with E-state index in [1.54, 1.807) is 11.0 Å². The van der Waals surface area contributed by atoms with E-state index >= 15 is 0 Å². The Morgan fingerprint density at radius 2 is 1.70 bits per heavy atom. The average molecular weight is 277 g/mol. The molecule has 0 aromatic heterocycles. The summed E-state index contributed by atoms with van der Waals surface area (Å²) in [5.74, 6) is -0.0360. The van der Waals surface area contributed by atoms with Crippen molar-refractivity contribution in [3.05, 3.63) is 28.3 Å². The molecular formula is C13H15N3O4. The third-order valence-corrected chi connectivity index (χ3v) is 3.02. The lowest BCUT2D eigenvalue weighted by Gasteiger charge is -2.19. The fourth-order valence-electron chi connectivity index (χ4n) is 2.31. The fourth-order valence-corrected chi connectivity index (χ4v) is 2.31. The van der Waals surface area contributed by atoms with Gasteiger partial charge in [-0.1, -0.05) is 0 Å². The van der Waals surface area contributed by atoms with E-state index in [0.29, 0.717) is 12.4 Å². The van der Waals surface area contributed by atoms with Crippen molar-refractivity contribution < 1.29 is 14.5 Å². The average Bonchev–Trinajstić information content (AvgIpc) is 2.65. The number of hydrogen-bond donors (Lipinski definition) is 0. The summed E-state index contributed by atoms with van der Waals surface area (Å²) < 4.78 is 0. The topological polar surface area (TPSA) is 83.8 Å². The van der Waals surface area contributed by atoms with Crippen LogP contribution in [0.4, 0.5) is 17.1 Å². The van der Waals surface area contributed by atoms with Crippen LogP contribution >= 0.6 is 0 Å². The predicted molar refractivity (Wildman–Crippen MR) is 74.0 cm³/mol. The van der Waals surface area contributed by atoms with Gasteiger partial charge in [-0.25, -0.2) is 0 Å². The van der Waals surface area contributed by atoms with Crippen molar-refractivity contribution in [2.45, 2.75) is 13.8 Å². The highest BCUT2D eigenvalue weighted by Crippen LogP contribution is 2.38. The van der Waals surface area contributed by atoms with Crippen molar-refractivity contribution >= 4 is 28.6 Å². The number of rotatable bonds is 5. The Morgan fingerprint density at radius 1 is 1.15 bits per heavy atom. The van der Waals surface area contributed by atoms with Crippen molar-refractivity contribution in [1.29, 1.82) is 0 Å². The number of carbonyl (C=O) groups excluding carboxylic acids is 2. The van der Waals surface area contributed by atoms with Crippen LogP contribution in [0.5, 0.6) is 0 Å². The minimum Gasteiger partial charge on any atom is -0.345 e. The summed E-state index contributed by atoms with van der Waals surface area (Å²) >= 11 is 0. The number of non-ortho nitro benzene ring substituents is 1. The van der Waals surface area contributed by atoms with Gasteiger partial charge in [-0.2, -0.15) is 0 Å². The third-order valence-electron chi connectivity index (χ3n) is 3.02. The fraction of sp³-hybridized carbons (Fsp3) is 0.385. The lowest BCUT2D eigenvalue weighted by atomic mass is 10.2. The number of nitro groups is 1. The van der Waals surface area contributed by atoms with Gasteiger partial charge in [0.25, 0.3) is 5.69 Å². The van der Waals surface area contributed by atoms with E-state index in [2.05, 4.69) is 0 Å². The maximum absolute atomic E-state index is 11.3. The predicted octanol–water partition coefficient (Wildman–Crippen LogP) is 1.36. The van der Waals surface area contributed by atoms with Crippen LogP contribution in [0.3, 0.4) is 0 Å². The Balaban J connectivity index is 2.39. The summed E-state index contributed by atoms with van der Waals surface area (Å²) in [5.41, 5.74) is 1.34. The molecule has 1 heterocycles. The van der Waals surface area contributed by atoms with Gasteiger partial charge in [0.05, 0.1) is 36.1 Å². The normalized spacial score (nSPS) is 13.3. The van der Waals surface area contributed by atoms with Crippen molar-refractivity contribution in [2.75, 3.05) is 29.6 Å². The molecule has 0 fully saturated rings. The van der Waals surface area contributed by atoms with Crippen LogP contribution in [-0.2, 0) is 9.59 Å². The van der Waals surface area contributed by atoms with Crippen LogP contribution in [0.2, 0.25) is 0 Å². The van der Waals surface area contributed by atoms with Crippen LogP contribution in [0, 0.1) is 10.1 Å². The van der Waals surface area contributed by atoms with E-state index < -0.39 is 4.92 Å². The third kappa shape index (κ3) is 2.76. The lowest BCUT2D eigenvalue weighted by molar-refractivity contribution is -0.384. The second-order valence-electron chi connectivity index (χ2n) is 4.87. The van der Waals surface area contributed by atoms with Crippen LogP contribution < -0.4 is 9.80 Å². The van der Waals surface area contributed by atoms with E-state index in [9.17, 15) is 19.7 Å². The Bertz CT molecular complexity index is 585. The smallest absolute Gasteiger partial charge is 0.271 e. The maximum atomic E-state index is 11.3. The molecule has 0 bridgehead atoms. The second kappa shape index (κ2) is 5.28. The summed E-state index contributed by atoms with van der Waals surface area (Å²) in [6.07, 6.45) is 0. The Morgan fingerprint density at radius 3 is 2.20 bits per heavy atom. The van der Waals surface area contributed by atoms with E-state index in [4.69, 9.17) is 0 Å². The molecule has 0 saturated carbocycles. The Kier molecular flexibility index (Phi) is 3.69. The molecule has 7 heteroatoms. The maximum Gasteiger partial charge on any atom is 0.271 e. The quantitative estimate of drug-likeness (QED) is 0.597. The summed E-state index contributed by atoms with van der Waals surface area (Å²) in [6.45, 7) is 3.72. The molecule has 2 rings (SSSR count). The molecule has 0 spiro atoms. The highest BCUT2D eigenvalue weighted by atomic mass is 16.6. The SMILES string of the molecule is CC(=O)CN1CN(CC(C)=O)c2cc([N+](=O)[O-])ccc21. The van der Waals surface area contributed by atoms with E-state index in [1.165, 1.54) is 26.0 Å². The zero-order valence-electron chi connectivity index (χ0n) is 11.3. The van der Waals surface area contributed by atoms with Gasteiger partial charge in [-0.3, -0.25) is 19.7 Å². The summed E-state index contributed by atoms with van der Waals surface area (Å²) in [7, 11) is 0. The van der Waals surface area contributed by atoms with Crippen molar-refractivity contribution in [2.24, 2.45) is 0 Å². The number of fused-ring (bicyclic) bond motifs is 1. The monoisotopic (exact) mass is 277 g/mol. The summed E-state index contributed by atoms with van der Waals surface area (Å²) in [4.78, 5) is 36.5. The molecule has 0 unspecified atom stereocenters. The van der Waals surface area contributed by atoms with E-state index in [1.807, 2.05) is 4.90 Å². The van der Waals surface area contributed by atoms with Gasteiger partial charge in [0.1, 0.15) is 11.6 Å². The molecule has 0 aliphatic carbocycles. The van der Waals surface area contributed by atoms with Crippen molar-refractivity contribution in [1.82, 2.24) is 0 Å². The van der Waals surface area contributed by atoms with Gasteiger partial charge < -0.3 is 9.80 Å². The lowest BCUT2D eigenvalue weighted by Crippen LogP contribution is -2.36. The molecule has 0 atom stereocenters. The number of anilines is 2. The zero-order valence-corrected chi connectivity index (χ0v) is 11.3. The number of carbonyl (C=O) groups is 2. The number of nitro benzene ring substituents is 1. The Hall–Kier alpha value is -2.44. The molecule has 106 valence electrons. The molecule has 7 nitrogen and oxygen atoms in total. The molecular weight excluding hydrogens is 262 g/mol. The summed E-state index contributed by atoms with van der Waals surface area (Å²) in [6, 6.07) is 4.47. The molecule has 0 N–H and O–H groups in total. The first-order valence-electron chi connectivity index (χ1n) is 6.15. The highest BCUT2D eigenvalue weighted by Gasteiger charge is 2.28. The largest absolute Gasteiger partial charge is 0.345 e. The van der Waals surface area contributed by atoms with Gasteiger partial charge in [0.15, 0.2) is 0 Å². The number of nitrogens with zero attached hydrogens (tertiary/aromatic N) is 3. The number of benzene rings is 1. The zero-order chi connectivity index (χ0) is 14.9. The molecule has 1 aromatic carbocycles. The molecule has 0 saturated heterocycles. The van der Waals surface area contributed by atoms with Crippen molar-refractivity contribution in [3.8, 4) is 0 Å². The first kappa shape index (κ1) is 14.0. The molecule has 0 amide bonds. The van der Waals surface area contributed by atoms with Crippen LogP contribution in [0.25, 0.3) is 0 Å². The number of Topliss-reactive ketones (excluding diaryl/α,β-unsaturated/α-hetero) is 2. The standard InChI is InChI=1S/C13H15N3O4/c1-9(17)6-14-8-15(7-10(2)18)13-5-11(16(19)20)3-4-12(13)14/h3-5H,6-8H2,1-2H3. The minimum atomic E-state index is -0.472. The summed E-state index contributed by atoms with van der Waals surface area (Å²) in [5, 5.41) is 10.8. The Labute approximate surface area is 115 Å². The van der Waals surface area contributed by atoms with Gasteiger partial charge in [0.2, 0.25) is 0 Å². The molecule has 1 aliphatic heterocycles.